The fourth-order valence-electron chi connectivity index (χ4n) is 2.57. The highest BCUT2D eigenvalue weighted by molar-refractivity contribution is 8.90. The highest BCUT2D eigenvalue weighted by Gasteiger charge is 2.34. The molecule has 134 valence electrons. The van der Waals surface area contributed by atoms with Crippen LogP contribution in [0.4, 0.5) is 11.4 Å². The number of methoxy groups -OCH3 is 2. The Morgan fingerprint density at radius 2 is 1.85 bits per heavy atom. The molecule has 0 aromatic heterocycles. The molecule has 0 fully saturated rings. The molecule has 0 spiro atoms. The lowest BCUT2D eigenvalue weighted by atomic mass is 10.2. The molecule has 26 heavy (non-hydrogen) atoms. The van der Waals surface area contributed by atoms with Crippen molar-refractivity contribution in [1.82, 2.24) is 5.32 Å². The zero-order valence-electron chi connectivity index (χ0n) is 14.1. The summed E-state index contributed by atoms with van der Waals surface area (Å²) in [6.45, 7) is 0. The second-order valence-corrected chi connectivity index (χ2v) is 9.12. The zero-order valence-corrected chi connectivity index (χ0v) is 16.5. The second kappa shape index (κ2) is 7.18. The quantitative estimate of drug-likeness (QED) is 0.594. The van der Waals surface area contributed by atoms with E-state index in [0.717, 1.165) is 38.3 Å². The Kier molecular flexibility index (Phi) is 4.75. The molecule has 2 heterocycles. The fourth-order valence-corrected chi connectivity index (χ4v) is 6.15. The molecule has 2 aromatic rings. The van der Waals surface area contributed by atoms with Gasteiger partial charge >= 0.3 is 0 Å². The molecular formula is C17H16N4O2S3. The first-order valence-corrected chi connectivity index (χ1v) is 10.6. The standard InChI is InChI=1S/C17H16N4O2S3/c1-22-13-7-3-5-11(9-13)18-15-20-26-16(19-17(24)25-26)21(15)12-6-4-8-14(10-12)23-2/h3-10H,1-2H3,(H,18,20)(H,19,24). The molecule has 0 radical (unpaired) electrons. The minimum absolute atomic E-state index is 0.388. The molecule has 1 atom stereocenters. The van der Waals surface area contributed by atoms with Gasteiger partial charge in [0.2, 0.25) is 5.96 Å². The number of guanidine groups is 1. The van der Waals surface area contributed by atoms with Crippen molar-refractivity contribution in [3.63, 3.8) is 0 Å². The van der Waals surface area contributed by atoms with Gasteiger partial charge in [0, 0.05) is 27.5 Å². The van der Waals surface area contributed by atoms with Gasteiger partial charge in [-0.1, -0.05) is 24.4 Å². The van der Waals surface area contributed by atoms with Gasteiger partial charge in [-0.25, -0.2) is 0 Å². The summed E-state index contributed by atoms with van der Waals surface area (Å²) in [4.78, 5) is 2.04. The van der Waals surface area contributed by atoms with Crippen LogP contribution in [0.25, 0.3) is 0 Å². The van der Waals surface area contributed by atoms with Gasteiger partial charge in [-0.05, 0) is 35.1 Å². The summed E-state index contributed by atoms with van der Waals surface area (Å²) in [5.41, 5.74) is 1.84. The Hall–Kier alpha value is -2.23. The molecule has 2 aliphatic rings. The molecule has 0 saturated heterocycles. The van der Waals surface area contributed by atoms with Crippen molar-refractivity contribution < 1.29 is 9.47 Å². The van der Waals surface area contributed by atoms with Crippen LogP contribution in [0, 0.1) is 0 Å². The van der Waals surface area contributed by atoms with Crippen molar-refractivity contribution in [1.29, 1.82) is 0 Å². The number of anilines is 2. The summed E-state index contributed by atoms with van der Waals surface area (Å²) < 4.78 is 16.2. The van der Waals surface area contributed by atoms with Gasteiger partial charge in [-0.3, -0.25) is 4.90 Å². The lowest BCUT2D eigenvalue weighted by Crippen LogP contribution is -2.44. The third-order valence-corrected chi connectivity index (χ3v) is 7.46. The summed E-state index contributed by atoms with van der Waals surface area (Å²) in [5.74, 6) is 2.29. The molecule has 0 amide bonds. The second-order valence-electron chi connectivity index (χ2n) is 5.36. The summed E-state index contributed by atoms with van der Waals surface area (Å²) in [6.07, 6.45) is 0. The maximum Gasteiger partial charge on any atom is 0.221 e. The molecule has 4 rings (SSSR count). The van der Waals surface area contributed by atoms with E-state index in [4.69, 9.17) is 26.1 Å². The van der Waals surface area contributed by atoms with E-state index in [-0.39, 0.29) is 9.70 Å². The van der Waals surface area contributed by atoms with Gasteiger partial charge in [0.1, 0.15) is 11.5 Å². The van der Waals surface area contributed by atoms with E-state index in [1.54, 1.807) is 25.0 Å². The Bertz CT molecular complexity index is 945. The number of hydrogen-bond donors (Lipinski definition) is 2. The van der Waals surface area contributed by atoms with E-state index < -0.39 is 0 Å². The minimum atomic E-state index is -0.388. The highest BCUT2D eigenvalue weighted by atomic mass is 33.1. The lowest BCUT2D eigenvalue weighted by molar-refractivity contribution is 0.415. The van der Waals surface area contributed by atoms with Crippen LogP contribution in [0.5, 0.6) is 11.5 Å². The molecule has 0 saturated carbocycles. The number of nitrogens with one attached hydrogen (secondary N) is 2. The smallest absolute Gasteiger partial charge is 0.221 e. The SMILES string of the molecule is COc1cccc(NC2=NS3=C(NC(=S)S3)N2c2cccc(OC)c2)c1. The van der Waals surface area contributed by atoms with Gasteiger partial charge in [0.25, 0.3) is 0 Å². The molecule has 9 heteroatoms. The largest absolute Gasteiger partial charge is 0.497 e. The average Bonchev–Trinajstić information content (AvgIpc) is 3.17. The Morgan fingerprint density at radius 1 is 1.12 bits per heavy atom. The first kappa shape index (κ1) is 17.2. The van der Waals surface area contributed by atoms with Crippen LogP contribution in [0.2, 0.25) is 0 Å². The number of thiocarbonyl (C=S) groups is 1. The van der Waals surface area contributed by atoms with Gasteiger partial charge in [0.15, 0.2) is 9.43 Å². The maximum absolute atomic E-state index is 5.37. The van der Waals surface area contributed by atoms with Crippen molar-refractivity contribution >= 4 is 59.5 Å². The van der Waals surface area contributed by atoms with E-state index >= 15 is 0 Å². The lowest BCUT2D eigenvalue weighted by Gasteiger charge is -2.24. The zero-order chi connectivity index (χ0) is 18.1. The van der Waals surface area contributed by atoms with Crippen LogP contribution in [-0.4, -0.2) is 29.6 Å². The monoisotopic (exact) mass is 404 g/mol. The molecule has 2 aliphatic heterocycles. The van der Waals surface area contributed by atoms with Crippen LogP contribution < -0.4 is 25.0 Å². The van der Waals surface area contributed by atoms with E-state index in [9.17, 15) is 0 Å². The Morgan fingerprint density at radius 3 is 2.62 bits per heavy atom. The first-order valence-electron chi connectivity index (χ1n) is 7.72. The van der Waals surface area contributed by atoms with Crippen LogP contribution in [0.1, 0.15) is 0 Å². The number of rotatable bonds is 4. The van der Waals surface area contributed by atoms with E-state index in [2.05, 4.69) is 10.6 Å². The van der Waals surface area contributed by atoms with E-state index in [1.165, 1.54) is 0 Å². The van der Waals surface area contributed by atoms with Crippen molar-refractivity contribution in [2.45, 2.75) is 0 Å². The number of benzene rings is 2. The van der Waals surface area contributed by atoms with Crippen molar-refractivity contribution in [3.05, 3.63) is 48.5 Å². The molecule has 0 bridgehead atoms. The summed E-state index contributed by atoms with van der Waals surface area (Å²) in [6, 6.07) is 15.6. The Balaban J connectivity index is 1.70. The van der Waals surface area contributed by atoms with Crippen LogP contribution in [0.15, 0.2) is 52.9 Å². The number of hydrogen-bond acceptors (Lipinski definition) is 7. The predicted molar refractivity (Wildman–Crippen MR) is 115 cm³/mol. The Labute approximate surface area is 163 Å². The normalized spacial score (nSPS) is 18.3. The van der Waals surface area contributed by atoms with Crippen LogP contribution in [-0.2, 0) is 0 Å². The third kappa shape index (κ3) is 3.25. The van der Waals surface area contributed by atoms with Crippen LogP contribution in [0.3, 0.4) is 0 Å². The molecule has 0 aliphatic carbocycles. The summed E-state index contributed by atoms with van der Waals surface area (Å²) in [7, 11) is 4.47. The highest BCUT2D eigenvalue weighted by Crippen LogP contribution is 2.44. The summed E-state index contributed by atoms with van der Waals surface area (Å²) in [5, 5.41) is 7.62. The molecule has 1 unspecified atom stereocenters. The first-order chi connectivity index (χ1) is 12.7. The van der Waals surface area contributed by atoms with E-state index in [0.29, 0.717) is 0 Å². The van der Waals surface area contributed by atoms with Gasteiger partial charge in [-0.15, -0.1) is 0 Å². The predicted octanol–water partition coefficient (Wildman–Crippen LogP) is 3.80. The fraction of sp³-hybridized carbons (Fsp3) is 0.118. The molecule has 6 nitrogen and oxygen atoms in total. The summed E-state index contributed by atoms with van der Waals surface area (Å²) >= 11 is 5.31. The topological polar surface area (TPSA) is 58.1 Å². The van der Waals surface area contributed by atoms with Gasteiger partial charge in [0.05, 0.1) is 19.9 Å². The molecule has 2 aromatic carbocycles. The molecule has 2 N–H and O–H groups in total. The van der Waals surface area contributed by atoms with Crippen molar-refractivity contribution in [2.75, 3.05) is 24.4 Å². The number of nitrogens with zero attached hydrogens (tertiary/aromatic N) is 2. The maximum atomic E-state index is 5.37. The third-order valence-electron chi connectivity index (χ3n) is 3.75. The minimum Gasteiger partial charge on any atom is -0.497 e. The van der Waals surface area contributed by atoms with Gasteiger partial charge in [-0.2, -0.15) is 4.40 Å². The van der Waals surface area contributed by atoms with Crippen molar-refractivity contribution in [3.8, 4) is 11.5 Å². The van der Waals surface area contributed by atoms with Crippen molar-refractivity contribution in [2.24, 2.45) is 4.40 Å². The van der Waals surface area contributed by atoms with E-state index in [1.807, 2.05) is 53.4 Å². The van der Waals surface area contributed by atoms with Gasteiger partial charge < -0.3 is 20.1 Å². The molecular weight excluding hydrogens is 388 g/mol. The average molecular weight is 405 g/mol. The number of ether oxygens (including phenoxy) is 2. The van der Waals surface area contributed by atoms with Crippen LogP contribution >= 0.6 is 32.7 Å².